The number of rotatable bonds is 1. The Balaban J connectivity index is 1.70. The maximum atomic E-state index is 13.0. The lowest BCUT2D eigenvalue weighted by Crippen LogP contribution is -2.60. The molecule has 4 saturated carbocycles. The van der Waals surface area contributed by atoms with E-state index in [2.05, 4.69) is 34.3 Å². The molecule has 1 nitrogen and oxygen atoms in total. The summed E-state index contributed by atoms with van der Waals surface area (Å²) in [6.45, 7) is 14.1. The van der Waals surface area contributed by atoms with Crippen LogP contribution in [-0.2, 0) is 4.79 Å². The molecule has 0 bridgehead atoms. The fraction of sp³-hybridized carbons (Fsp3) is 0.875. The van der Waals surface area contributed by atoms with E-state index >= 15 is 0 Å². The Morgan fingerprint density at radius 2 is 1.72 bits per heavy atom. The SMILES string of the molecule is C=C(C)[C@H]1CC[C@]2(C)CC[C@H]3[C@@H]4C(=O)CCC[C@]4(C)CC[C@]3(C)[C@H]2C1. The first kappa shape index (κ1) is 17.8. The standard InChI is InChI=1S/C24H38O/c1-16(2)17-8-11-22(3)12-9-18-21-19(25)7-6-10-23(21,4)13-14-24(18,5)20(22)15-17/h17-18,20-21H,1,6-15H2,2-5H3/t17-,18-,20-,21+,22+,23+,24-/m0/s1. The second-order valence-electron chi connectivity index (χ2n) is 11.1. The van der Waals surface area contributed by atoms with Crippen molar-refractivity contribution in [3.05, 3.63) is 12.2 Å². The summed E-state index contributed by atoms with van der Waals surface area (Å²) >= 11 is 0. The summed E-state index contributed by atoms with van der Waals surface area (Å²) in [5, 5.41) is 0. The third kappa shape index (κ3) is 2.51. The number of allylic oxidation sites excluding steroid dienone is 1. The summed E-state index contributed by atoms with van der Waals surface area (Å²) in [5.74, 6) is 3.11. The molecular formula is C24H38O. The van der Waals surface area contributed by atoms with E-state index in [0.717, 1.165) is 18.8 Å². The molecule has 0 heterocycles. The molecule has 4 aliphatic rings. The van der Waals surface area contributed by atoms with Crippen molar-refractivity contribution < 1.29 is 4.79 Å². The fourth-order valence-corrected chi connectivity index (χ4v) is 8.07. The average molecular weight is 343 g/mol. The van der Waals surface area contributed by atoms with Crippen LogP contribution in [0.4, 0.5) is 0 Å². The second kappa shape index (κ2) is 5.70. The number of Topliss-reactive ketones (excluding diaryl/α,β-unsaturated/α-hetero) is 1. The molecule has 0 spiro atoms. The van der Waals surface area contributed by atoms with Crippen LogP contribution >= 0.6 is 0 Å². The Hall–Kier alpha value is -0.590. The van der Waals surface area contributed by atoms with Crippen molar-refractivity contribution in [2.45, 2.75) is 91.9 Å². The molecule has 25 heavy (non-hydrogen) atoms. The van der Waals surface area contributed by atoms with E-state index in [-0.39, 0.29) is 0 Å². The summed E-state index contributed by atoms with van der Waals surface area (Å²) in [5.41, 5.74) is 2.57. The van der Waals surface area contributed by atoms with Crippen LogP contribution in [0.25, 0.3) is 0 Å². The topological polar surface area (TPSA) is 17.1 Å². The molecule has 0 amide bonds. The van der Waals surface area contributed by atoms with Gasteiger partial charge in [-0.25, -0.2) is 0 Å². The lowest BCUT2D eigenvalue weighted by Gasteiger charge is -2.66. The number of carbonyl (C=O) groups excluding carboxylic acids is 1. The Kier molecular flexibility index (Phi) is 4.06. The minimum atomic E-state index is 0.301. The quantitative estimate of drug-likeness (QED) is 0.492. The summed E-state index contributed by atoms with van der Waals surface area (Å²) < 4.78 is 0. The van der Waals surface area contributed by atoms with E-state index in [1.165, 1.54) is 56.9 Å². The predicted octanol–water partition coefficient (Wildman–Crippen LogP) is 6.57. The molecule has 0 aliphatic heterocycles. The lowest BCUT2D eigenvalue weighted by atomic mass is 9.38. The van der Waals surface area contributed by atoms with Gasteiger partial charge in [-0.1, -0.05) is 32.9 Å². The molecule has 4 fully saturated rings. The smallest absolute Gasteiger partial charge is 0.136 e. The third-order valence-electron chi connectivity index (χ3n) is 9.70. The van der Waals surface area contributed by atoms with Gasteiger partial charge in [0.25, 0.3) is 0 Å². The molecule has 1 heteroatoms. The fourth-order valence-electron chi connectivity index (χ4n) is 8.07. The van der Waals surface area contributed by atoms with Crippen molar-refractivity contribution >= 4 is 5.78 Å². The van der Waals surface area contributed by atoms with Crippen LogP contribution in [0, 0.1) is 39.9 Å². The van der Waals surface area contributed by atoms with Crippen LogP contribution in [0.2, 0.25) is 0 Å². The summed E-state index contributed by atoms with van der Waals surface area (Å²) in [6.07, 6.45) is 12.6. The van der Waals surface area contributed by atoms with E-state index in [0.29, 0.717) is 39.8 Å². The Bertz CT molecular complexity index is 591. The van der Waals surface area contributed by atoms with Crippen molar-refractivity contribution in [3.63, 3.8) is 0 Å². The zero-order valence-corrected chi connectivity index (χ0v) is 17.0. The number of carbonyl (C=O) groups is 1. The Morgan fingerprint density at radius 1 is 1.00 bits per heavy atom. The monoisotopic (exact) mass is 342 g/mol. The van der Waals surface area contributed by atoms with Gasteiger partial charge in [-0.05, 0) is 98.7 Å². The molecule has 7 atom stereocenters. The highest BCUT2D eigenvalue weighted by Gasteiger charge is 2.62. The third-order valence-corrected chi connectivity index (χ3v) is 9.70. The van der Waals surface area contributed by atoms with Crippen molar-refractivity contribution in [1.29, 1.82) is 0 Å². The highest BCUT2D eigenvalue weighted by molar-refractivity contribution is 5.83. The van der Waals surface area contributed by atoms with E-state index in [1.807, 2.05) is 0 Å². The van der Waals surface area contributed by atoms with Crippen molar-refractivity contribution in [3.8, 4) is 0 Å². The van der Waals surface area contributed by atoms with Gasteiger partial charge in [0.1, 0.15) is 5.78 Å². The minimum absolute atomic E-state index is 0.301. The number of ketones is 1. The number of fused-ring (bicyclic) bond motifs is 5. The van der Waals surface area contributed by atoms with Crippen molar-refractivity contribution in [1.82, 2.24) is 0 Å². The molecule has 0 aromatic rings. The van der Waals surface area contributed by atoms with Gasteiger partial charge >= 0.3 is 0 Å². The van der Waals surface area contributed by atoms with Gasteiger partial charge in [0.15, 0.2) is 0 Å². The van der Waals surface area contributed by atoms with Gasteiger partial charge in [-0.3, -0.25) is 4.79 Å². The van der Waals surface area contributed by atoms with Crippen LogP contribution in [0.1, 0.15) is 91.9 Å². The predicted molar refractivity (Wildman–Crippen MR) is 104 cm³/mol. The van der Waals surface area contributed by atoms with Gasteiger partial charge in [-0.15, -0.1) is 0 Å². The molecule has 140 valence electrons. The lowest BCUT2D eigenvalue weighted by molar-refractivity contribution is -0.176. The van der Waals surface area contributed by atoms with E-state index in [4.69, 9.17) is 0 Å². The normalized spacial score (nSPS) is 52.7. The van der Waals surface area contributed by atoms with Gasteiger partial charge in [0.05, 0.1) is 0 Å². The molecule has 0 unspecified atom stereocenters. The maximum absolute atomic E-state index is 13.0. The molecular weight excluding hydrogens is 304 g/mol. The molecule has 4 rings (SSSR count). The van der Waals surface area contributed by atoms with Crippen LogP contribution < -0.4 is 0 Å². The molecule has 0 saturated heterocycles. The van der Waals surface area contributed by atoms with Crippen LogP contribution in [-0.4, -0.2) is 5.78 Å². The molecule has 0 radical (unpaired) electrons. The second-order valence-corrected chi connectivity index (χ2v) is 11.1. The van der Waals surface area contributed by atoms with E-state index < -0.39 is 0 Å². The van der Waals surface area contributed by atoms with E-state index in [1.54, 1.807) is 0 Å². The highest BCUT2D eigenvalue weighted by atomic mass is 16.1. The zero-order valence-electron chi connectivity index (χ0n) is 17.0. The van der Waals surface area contributed by atoms with Gasteiger partial charge in [0.2, 0.25) is 0 Å². The molecule has 0 aromatic heterocycles. The highest BCUT2D eigenvalue weighted by Crippen LogP contribution is 2.69. The first-order valence-corrected chi connectivity index (χ1v) is 10.9. The minimum Gasteiger partial charge on any atom is -0.299 e. The first-order chi connectivity index (χ1) is 11.7. The van der Waals surface area contributed by atoms with Gasteiger partial charge < -0.3 is 0 Å². The molecule has 0 aromatic carbocycles. The Morgan fingerprint density at radius 3 is 2.44 bits per heavy atom. The average Bonchev–Trinajstić information content (AvgIpc) is 2.54. The maximum Gasteiger partial charge on any atom is 0.136 e. The van der Waals surface area contributed by atoms with Crippen LogP contribution in [0.5, 0.6) is 0 Å². The number of hydrogen-bond donors (Lipinski definition) is 0. The first-order valence-electron chi connectivity index (χ1n) is 10.9. The Labute approximate surface area is 155 Å². The van der Waals surface area contributed by atoms with Crippen LogP contribution in [0.3, 0.4) is 0 Å². The molecule has 4 aliphatic carbocycles. The molecule has 0 N–H and O–H groups in total. The summed E-state index contributed by atoms with van der Waals surface area (Å²) in [6, 6.07) is 0. The van der Waals surface area contributed by atoms with E-state index in [9.17, 15) is 4.79 Å². The van der Waals surface area contributed by atoms with Gasteiger partial charge in [0, 0.05) is 12.3 Å². The summed E-state index contributed by atoms with van der Waals surface area (Å²) in [4.78, 5) is 13.0. The zero-order chi connectivity index (χ0) is 18.0. The van der Waals surface area contributed by atoms with Crippen molar-refractivity contribution in [2.24, 2.45) is 39.9 Å². The summed E-state index contributed by atoms with van der Waals surface area (Å²) in [7, 11) is 0. The largest absolute Gasteiger partial charge is 0.299 e. The van der Waals surface area contributed by atoms with Crippen molar-refractivity contribution in [2.75, 3.05) is 0 Å². The van der Waals surface area contributed by atoms with Crippen LogP contribution in [0.15, 0.2) is 12.2 Å². The van der Waals surface area contributed by atoms with Gasteiger partial charge in [-0.2, -0.15) is 0 Å². The number of hydrogen-bond acceptors (Lipinski definition) is 1.